The fourth-order valence-corrected chi connectivity index (χ4v) is 4.21. The van der Waals surface area contributed by atoms with Crippen molar-refractivity contribution in [3.8, 4) is 0 Å². The van der Waals surface area contributed by atoms with Gasteiger partial charge in [-0.05, 0) is 49.9 Å². The molecule has 2 unspecified atom stereocenters. The van der Waals surface area contributed by atoms with Gasteiger partial charge in [0.1, 0.15) is 0 Å². The van der Waals surface area contributed by atoms with Gasteiger partial charge in [0.25, 0.3) is 0 Å². The molecule has 1 aliphatic heterocycles. The van der Waals surface area contributed by atoms with Crippen LogP contribution in [0.2, 0.25) is 0 Å². The van der Waals surface area contributed by atoms with Gasteiger partial charge in [-0.3, -0.25) is 4.99 Å². The van der Waals surface area contributed by atoms with Gasteiger partial charge < -0.3 is 10.6 Å². The lowest BCUT2D eigenvalue weighted by Gasteiger charge is -2.45. The fourth-order valence-electron chi connectivity index (χ4n) is 4.21. The second kappa shape index (κ2) is 4.99. The first-order valence-corrected chi connectivity index (χ1v) is 8.17. The number of nitrogens with zero attached hydrogens (tertiary/aromatic N) is 2. The maximum absolute atomic E-state index is 6.18. The highest BCUT2D eigenvalue weighted by atomic mass is 15.4. The number of nitrogens with two attached hydrogens (primary N) is 1. The second-order valence-corrected chi connectivity index (χ2v) is 7.54. The summed E-state index contributed by atoms with van der Waals surface area (Å²) in [5, 5.41) is 0. The summed E-state index contributed by atoms with van der Waals surface area (Å²) >= 11 is 0. The monoisotopic (exact) mass is 263 g/mol. The summed E-state index contributed by atoms with van der Waals surface area (Å²) < 4.78 is 0. The van der Waals surface area contributed by atoms with E-state index < -0.39 is 0 Å². The van der Waals surface area contributed by atoms with Crippen LogP contribution in [0.1, 0.15) is 58.8 Å². The molecule has 1 heterocycles. The van der Waals surface area contributed by atoms with E-state index in [2.05, 4.69) is 23.7 Å². The molecule has 19 heavy (non-hydrogen) atoms. The van der Waals surface area contributed by atoms with E-state index in [9.17, 15) is 0 Å². The molecule has 3 rings (SSSR count). The summed E-state index contributed by atoms with van der Waals surface area (Å²) in [6, 6.07) is 0. The zero-order chi connectivity index (χ0) is 13.5. The Morgan fingerprint density at radius 2 is 2.11 bits per heavy atom. The van der Waals surface area contributed by atoms with Crippen LogP contribution in [0.4, 0.5) is 0 Å². The zero-order valence-electron chi connectivity index (χ0n) is 12.6. The van der Waals surface area contributed by atoms with Crippen molar-refractivity contribution in [2.45, 2.75) is 64.3 Å². The van der Waals surface area contributed by atoms with Gasteiger partial charge in [-0.25, -0.2) is 0 Å². The van der Waals surface area contributed by atoms with Crippen molar-refractivity contribution in [3.05, 3.63) is 0 Å². The summed E-state index contributed by atoms with van der Waals surface area (Å²) in [7, 11) is 0. The first-order chi connectivity index (χ1) is 9.09. The van der Waals surface area contributed by atoms with Gasteiger partial charge in [0.15, 0.2) is 5.96 Å². The van der Waals surface area contributed by atoms with Crippen LogP contribution in [0.5, 0.6) is 0 Å². The Morgan fingerprint density at radius 3 is 2.79 bits per heavy atom. The molecule has 2 fully saturated rings. The summed E-state index contributed by atoms with van der Waals surface area (Å²) in [5.74, 6) is 3.43. The summed E-state index contributed by atoms with van der Waals surface area (Å²) in [5.41, 5.74) is 6.48. The SMILES string of the molecule is CC(C)CC1CCCC2(CN=C(N)N2CC2CC2)C1. The number of rotatable bonds is 4. The molecule has 1 spiro atoms. The number of guanidine groups is 1. The molecule has 2 N–H and O–H groups in total. The Hall–Kier alpha value is -0.730. The molecule has 2 atom stereocenters. The van der Waals surface area contributed by atoms with Crippen molar-refractivity contribution in [2.24, 2.45) is 28.5 Å². The van der Waals surface area contributed by atoms with E-state index in [0.29, 0.717) is 5.54 Å². The maximum atomic E-state index is 6.18. The highest BCUT2D eigenvalue weighted by molar-refractivity contribution is 5.81. The van der Waals surface area contributed by atoms with Crippen LogP contribution < -0.4 is 5.73 Å². The van der Waals surface area contributed by atoms with Gasteiger partial charge in [0, 0.05) is 6.54 Å². The van der Waals surface area contributed by atoms with E-state index in [1.807, 2.05) is 0 Å². The first kappa shape index (κ1) is 13.3. The smallest absolute Gasteiger partial charge is 0.191 e. The standard InChI is InChI=1S/C16H29N3/c1-12(2)8-14-4-3-7-16(9-14)11-18-15(17)19(16)10-13-5-6-13/h12-14H,3-11H2,1-2H3,(H2,17,18). The number of hydrogen-bond acceptors (Lipinski definition) is 3. The van der Waals surface area contributed by atoms with E-state index in [0.717, 1.165) is 30.3 Å². The molecule has 3 heteroatoms. The summed E-state index contributed by atoms with van der Waals surface area (Å²) in [6.45, 7) is 6.83. The van der Waals surface area contributed by atoms with Crippen molar-refractivity contribution in [2.75, 3.05) is 13.1 Å². The average molecular weight is 263 g/mol. The molecule has 0 saturated heterocycles. The van der Waals surface area contributed by atoms with Crippen molar-refractivity contribution < 1.29 is 0 Å². The average Bonchev–Trinajstić information content (AvgIpc) is 3.12. The van der Waals surface area contributed by atoms with Crippen LogP contribution in [-0.2, 0) is 0 Å². The molecule has 0 radical (unpaired) electrons. The molecule has 108 valence electrons. The predicted molar refractivity (Wildman–Crippen MR) is 80.1 cm³/mol. The van der Waals surface area contributed by atoms with E-state index in [1.165, 1.54) is 51.5 Å². The van der Waals surface area contributed by atoms with Crippen LogP contribution in [0, 0.1) is 17.8 Å². The molecule has 0 aromatic carbocycles. The maximum Gasteiger partial charge on any atom is 0.191 e. The molecule has 2 saturated carbocycles. The Kier molecular flexibility index (Phi) is 3.48. The third-order valence-corrected chi connectivity index (χ3v) is 5.25. The van der Waals surface area contributed by atoms with Gasteiger partial charge in [-0.15, -0.1) is 0 Å². The molecular weight excluding hydrogens is 234 g/mol. The lowest BCUT2D eigenvalue weighted by Crippen LogP contribution is -2.54. The fraction of sp³-hybridized carbons (Fsp3) is 0.938. The Labute approximate surface area is 117 Å². The van der Waals surface area contributed by atoms with Crippen LogP contribution in [0.15, 0.2) is 4.99 Å². The van der Waals surface area contributed by atoms with Gasteiger partial charge >= 0.3 is 0 Å². The highest BCUT2D eigenvalue weighted by Crippen LogP contribution is 2.43. The van der Waals surface area contributed by atoms with E-state index in [4.69, 9.17) is 5.73 Å². The molecular formula is C16H29N3. The molecule has 0 bridgehead atoms. The van der Waals surface area contributed by atoms with Crippen LogP contribution >= 0.6 is 0 Å². The van der Waals surface area contributed by atoms with Gasteiger partial charge in [-0.1, -0.05) is 26.7 Å². The van der Waals surface area contributed by atoms with Crippen molar-refractivity contribution in [3.63, 3.8) is 0 Å². The Balaban J connectivity index is 1.69. The van der Waals surface area contributed by atoms with Crippen molar-refractivity contribution in [1.82, 2.24) is 4.90 Å². The lowest BCUT2D eigenvalue weighted by atomic mass is 9.72. The Bertz CT molecular complexity index is 359. The van der Waals surface area contributed by atoms with E-state index >= 15 is 0 Å². The normalized spacial score (nSPS) is 35.2. The minimum absolute atomic E-state index is 0.296. The number of hydrogen-bond donors (Lipinski definition) is 1. The molecule has 2 aliphatic carbocycles. The summed E-state index contributed by atoms with van der Waals surface area (Å²) in [4.78, 5) is 7.11. The minimum Gasteiger partial charge on any atom is -0.370 e. The van der Waals surface area contributed by atoms with E-state index in [-0.39, 0.29) is 0 Å². The van der Waals surface area contributed by atoms with Gasteiger partial charge in [0.05, 0.1) is 12.1 Å². The van der Waals surface area contributed by atoms with Crippen molar-refractivity contribution in [1.29, 1.82) is 0 Å². The largest absolute Gasteiger partial charge is 0.370 e. The third kappa shape index (κ3) is 2.75. The minimum atomic E-state index is 0.296. The van der Waals surface area contributed by atoms with Crippen LogP contribution in [-0.4, -0.2) is 29.5 Å². The molecule has 0 aromatic rings. The molecule has 0 aromatic heterocycles. The molecule has 0 amide bonds. The zero-order valence-corrected chi connectivity index (χ0v) is 12.6. The second-order valence-electron chi connectivity index (χ2n) is 7.54. The highest BCUT2D eigenvalue weighted by Gasteiger charge is 2.46. The lowest BCUT2D eigenvalue weighted by molar-refractivity contribution is 0.0959. The van der Waals surface area contributed by atoms with Gasteiger partial charge in [0.2, 0.25) is 0 Å². The topological polar surface area (TPSA) is 41.6 Å². The van der Waals surface area contributed by atoms with Crippen LogP contribution in [0.3, 0.4) is 0 Å². The Morgan fingerprint density at radius 1 is 1.32 bits per heavy atom. The number of aliphatic imine (C=N–C) groups is 1. The first-order valence-electron chi connectivity index (χ1n) is 8.17. The molecule has 3 nitrogen and oxygen atoms in total. The van der Waals surface area contributed by atoms with E-state index in [1.54, 1.807) is 0 Å². The quantitative estimate of drug-likeness (QED) is 0.847. The van der Waals surface area contributed by atoms with Gasteiger partial charge in [-0.2, -0.15) is 0 Å². The third-order valence-electron chi connectivity index (χ3n) is 5.25. The van der Waals surface area contributed by atoms with Crippen LogP contribution in [0.25, 0.3) is 0 Å². The summed E-state index contributed by atoms with van der Waals surface area (Å²) in [6.07, 6.45) is 9.57. The molecule has 3 aliphatic rings. The predicted octanol–water partition coefficient (Wildman–Crippen LogP) is 3.00. The van der Waals surface area contributed by atoms with Crippen molar-refractivity contribution >= 4 is 5.96 Å².